The fraction of sp³-hybridized carbons (Fsp3) is 0.211. The van der Waals surface area contributed by atoms with Gasteiger partial charge in [-0.3, -0.25) is 4.79 Å². The molecule has 1 N–H and O–H groups in total. The number of methoxy groups -OCH3 is 2. The molecule has 0 aromatic heterocycles. The summed E-state index contributed by atoms with van der Waals surface area (Å²) in [5.41, 5.74) is 3.84. The number of halogens is 1. The van der Waals surface area contributed by atoms with Gasteiger partial charge in [0.2, 0.25) is 5.91 Å². The predicted octanol–water partition coefficient (Wildman–Crippen LogP) is 4.74. The lowest BCUT2D eigenvalue weighted by Gasteiger charge is -2.10. The quantitative estimate of drug-likeness (QED) is 0.751. The largest absolute Gasteiger partial charge is 0.493 e. The lowest BCUT2D eigenvalue weighted by Crippen LogP contribution is -2.08. The minimum absolute atomic E-state index is 0.189. The minimum Gasteiger partial charge on any atom is -0.493 e. The first-order chi connectivity index (χ1) is 11.4. The number of benzene rings is 2. The van der Waals surface area contributed by atoms with E-state index in [-0.39, 0.29) is 5.91 Å². The maximum Gasteiger partial charge on any atom is 0.248 e. The summed E-state index contributed by atoms with van der Waals surface area (Å²) in [7, 11) is 3.15. The van der Waals surface area contributed by atoms with Crippen LogP contribution >= 0.6 is 15.9 Å². The molecule has 0 aliphatic heterocycles. The van der Waals surface area contributed by atoms with Crippen molar-refractivity contribution in [3.8, 4) is 11.5 Å². The first kappa shape index (κ1) is 18.1. The van der Waals surface area contributed by atoms with Gasteiger partial charge < -0.3 is 14.8 Å². The summed E-state index contributed by atoms with van der Waals surface area (Å²) in [5, 5.41) is 2.87. The van der Waals surface area contributed by atoms with Crippen molar-refractivity contribution in [3.05, 3.63) is 57.6 Å². The van der Waals surface area contributed by atoms with E-state index in [0.717, 1.165) is 26.9 Å². The van der Waals surface area contributed by atoms with Gasteiger partial charge in [0.05, 0.1) is 18.7 Å². The van der Waals surface area contributed by atoms with Gasteiger partial charge in [0.25, 0.3) is 0 Å². The number of rotatable bonds is 5. The standard InChI is InChI=1S/C19H20BrNO3/c1-12-7-13(2)9-15(8-12)21-18(22)6-5-14-10-16(20)19(24-4)17(11-14)23-3/h5-11H,1-4H3,(H,21,22)/b6-5+. The highest BCUT2D eigenvalue weighted by Crippen LogP contribution is 2.36. The second-order valence-corrected chi connectivity index (χ2v) is 6.29. The van der Waals surface area contributed by atoms with Crippen molar-refractivity contribution in [2.45, 2.75) is 13.8 Å². The van der Waals surface area contributed by atoms with Crippen LogP contribution in [0.15, 0.2) is 40.9 Å². The molecule has 24 heavy (non-hydrogen) atoms. The van der Waals surface area contributed by atoms with E-state index in [2.05, 4.69) is 27.3 Å². The molecule has 0 fully saturated rings. The fourth-order valence-electron chi connectivity index (χ4n) is 2.44. The summed E-state index contributed by atoms with van der Waals surface area (Å²) < 4.78 is 11.3. The van der Waals surface area contributed by atoms with Crippen LogP contribution in [-0.2, 0) is 4.79 Å². The third-order valence-electron chi connectivity index (χ3n) is 3.37. The molecule has 1 amide bonds. The van der Waals surface area contributed by atoms with E-state index < -0.39 is 0 Å². The van der Waals surface area contributed by atoms with E-state index in [1.165, 1.54) is 6.08 Å². The van der Waals surface area contributed by atoms with Gasteiger partial charge in [-0.25, -0.2) is 0 Å². The van der Waals surface area contributed by atoms with E-state index >= 15 is 0 Å². The van der Waals surface area contributed by atoms with Crippen LogP contribution in [0.5, 0.6) is 11.5 Å². The number of carbonyl (C=O) groups excluding carboxylic acids is 1. The van der Waals surface area contributed by atoms with E-state index in [4.69, 9.17) is 9.47 Å². The minimum atomic E-state index is -0.189. The number of aryl methyl sites for hydroxylation is 2. The monoisotopic (exact) mass is 389 g/mol. The SMILES string of the molecule is COc1cc(/C=C/C(=O)Nc2cc(C)cc(C)c2)cc(Br)c1OC. The lowest BCUT2D eigenvalue weighted by molar-refractivity contribution is -0.111. The van der Waals surface area contributed by atoms with E-state index in [1.54, 1.807) is 20.3 Å². The van der Waals surface area contributed by atoms with E-state index in [9.17, 15) is 4.79 Å². The second kappa shape index (κ2) is 8.02. The zero-order chi connectivity index (χ0) is 17.7. The highest BCUT2D eigenvalue weighted by atomic mass is 79.9. The summed E-state index contributed by atoms with van der Waals surface area (Å²) in [6.45, 7) is 4.00. The average Bonchev–Trinajstić information content (AvgIpc) is 2.51. The summed E-state index contributed by atoms with van der Waals surface area (Å²) in [4.78, 5) is 12.1. The molecule has 0 unspecified atom stereocenters. The Morgan fingerprint density at radius 1 is 1.04 bits per heavy atom. The summed E-state index contributed by atoms with van der Waals surface area (Å²) in [6, 6.07) is 9.61. The van der Waals surface area contributed by atoms with Crippen molar-refractivity contribution in [1.29, 1.82) is 0 Å². The zero-order valence-electron chi connectivity index (χ0n) is 14.1. The van der Waals surface area contributed by atoms with Crippen molar-refractivity contribution < 1.29 is 14.3 Å². The summed E-state index contributed by atoms with van der Waals surface area (Å²) in [6.07, 6.45) is 3.22. The van der Waals surface area contributed by atoms with Gasteiger partial charge in [-0.15, -0.1) is 0 Å². The van der Waals surface area contributed by atoms with Crippen LogP contribution in [0.1, 0.15) is 16.7 Å². The predicted molar refractivity (Wildman–Crippen MR) is 101 cm³/mol. The Morgan fingerprint density at radius 3 is 2.29 bits per heavy atom. The number of nitrogens with one attached hydrogen (secondary N) is 1. The van der Waals surface area contributed by atoms with Gasteiger partial charge in [0, 0.05) is 11.8 Å². The number of ether oxygens (including phenoxy) is 2. The highest BCUT2D eigenvalue weighted by molar-refractivity contribution is 9.10. The molecular formula is C19H20BrNO3. The van der Waals surface area contributed by atoms with Crippen molar-refractivity contribution in [2.75, 3.05) is 19.5 Å². The Balaban J connectivity index is 2.15. The number of carbonyl (C=O) groups is 1. The smallest absolute Gasteiger partial charge is 0.248 e. The van der Waals surface area contributed by atoms with Crippen molar-refractivity contribution >= 4 is 33.6 Å². The normalized spacial score (nSPS) is 10.7. The Labute approximate surface area is 150 Å². The van der Waals surface area contributed by atoms with Gasteiger partial charge in [-0.1, -0.05) is 6.07 Å². The molecule has 0 aliphatic rings. The Hall–Kier alpha value is -2.27. The number of hydrogen-bond donors (Lipinski definition) is 1. The fourth-order valence-corrected chi connectivity index (χ4v) is 3.06. The molecular weight excluding hydrogens is 370 g/mol. The zero-order valence-corrected chi connectivity index (χ0v) is 15.7. The Kier molecular flexibility index (Phi) is 6.04. The van der Waals surface area contributed by atoms with Crippen molar-refractivity contribution in [1.82, 2.24) is 0 Å². The Morgan fingerprint density at radius 2 is 1.71 bits per heavy atom. The number of hydrogen-bond acceptors (Lipinski definition) is 3. The van der Waals surface area contributed by atoms with Gasteiger partial charge in [0.15, 0.2) is 11.5 Å². The molecule has 0 atom stereocenters. The molecule has 0 spiro atoms. The van der Waals surface area contributed by atoms with Crippen molar-refractivity contribution in [2.24, 2.45) is 0 Å². The number of amides is 1. The topological polar surface area (TPSA) is 47.6 Å². The van der Waals surface area contributed by atoms with Crippen LogP contribution in [0.2, 0.25) is 0 Å². The molecule has 126 valence electrons. The van der Waals surface area contributed by atoms with Crippen LogP contribution in [0.25, 0.3) is 6.08 Å². The third kappa shape index (κ3) is 4.61. The molecule has 5 heteroatoms. The van der Waals surface area contributed by atoms with Crippen LogP contribution in [0.3, 0.4) is 0 Å². The molecule has 2 aromatic carbocycles. The maximum absolute atomic E-state index is 12.1. The maximum atomic E-state index is 12.1. The molecule has 0 aliphatic carbocycles. The number of anilines is 1. The molecule has 0 saturated carbocycles. The first-order valence-electron chi connectivity index (χ1n) is 7.42. The van der Waals surface area contributed by atoms with E-state index in [0.29, 0.717) is 11.5 Å². The molecule has 2 rings (SSSR count). The molecule has 4 nitrogen and oxygen atoms in total. The first-order valence-corrected chi connectivity index (χ1v) is 8.21. The van der Waals surface area contributed by atoms with Crippen molar-refractivity contribution in [3.63, 3.8) is 0 Å². The van der Waals surface area contributed by atoms with Crippen LogP contribution < -0.4 is 14.8 Å². The third-order valence-corrected chi connectivity index (χ3v) is 3.96. The van der Waals surface area contributed by atoms with E-state index in [1.807, 2.05) is 38.1 Å². The van der Waals surface area contributed by atoms with Crippen LogP contribution in [0.4, 0.5) is 5.69 Å². The summed E-state index contributed by atoms with van der Waals surface area (Å²) >= 11 is 3.44. The molecule has 0 bridgehead atoms. The highest BCUT2D eigenvalue weighted by Gasteiger charge is 2.09. The molecule has 0 radical (unpaired) electrons. The second-order valence-electron chi connectivity index (χ2n) is 5.44. The lowest BCUT2D eigenvalue weighted by atomic mass is 10.1. The van der Waals surface area contributed by atoms with Crippen LogP contribution in [-0.4, -0.2) is 20.1 Å². The molecule has 0 saturated heterocycles. The van der Waals surface area contributed by atoms with Gasteiger partial charge in [-0.05, 0) is 76.8 Å². The van der Waals surface area contributed by atoms with Gasteiger partial charge >= 0.3 is 0 Å². The molecule has 0 heterocycles. The molecule has 2 aromatic rings. The Bertz CT molecular complexity index is 764. The summed E-state index contributed by atoms with van der Waals surface area (Å²) in [5.74, 6) is 1.03. The average molecular weight is 390 g/mol. The van der Waals surface area contributed by atoms with Gasteiger partial charge in [-0.2, -0.15) is 0 Å². The van der Waals surface area contributed by atoms with Gasteiger partial charge in [0.1, 0.15) is 0 Å². The van der Waals surface area contributed by atoms with Crippen LogP contribution in [0, 0.1) is 13.8 Å².